The van der Waals surface area contributed by atoms with E-state index in [1.807, 2.05) is 12.1 Å². The number of carboxylic acids is 1. The molecule has 2 aromatic rings. The first kappa shape index (κ1) is 26.2. The molecule has 2 bridgehead atoms. The lowest BCUT2D eigenvalue weighted by Crippen LogP contribution is -2.39. The first-order valence-electron chi connectivity index (χ1n) is 13.4. The van der Waals surface area contributed by atoms with E-state index in [0.29, 0.717) is 41.4 Å². The van der Waals surface area contributed by atoms with Gasteiger partial charge in [-0.2, -0.15) is 13.2 Å². The summed E-state index contributed by atoms with van der Waals surface area (Å²) in [4.78, 5) is 11.6. The van der Waals surface area contributed by atoms with E-state index in [0.717, 1.165) is 31.2 Å². The minimum Gasteiger partial charge on any atom is -0.490 e. The van der Waals surface area contributed by atoms with Gasteiger partial charge < -0.3 is 9.84 Å². The average molecular weight is 525 g/mol. The monoisotopic (exact) mass is 524 g/mol. The number of hydrogen-bond donors (Lipinski definition) is 1. The maximum Gasteiger partial charge on any atom is 0.391 e. The van der Waals surface area contributed by atoms with E-state index in [1.54, 1.807) is 12.1 Å². The summed E-state index contributed by atoms with van der Waals surface area (Å²) < 4.78 is 73.1. The first-order valence-corrected chi connectivity index (χ1v) is 13.4. The lowest BCUT2D eigenvalue weighted by Gasteiger charge is -2.45. The zero-order chi connectivity index (χ0) is 26.3. The Labute approximate surface area is 213 Å². The van der Waals surface area contributed by atoms with Crippen molar-refractivity contribution >= 4 is 16.7 Å². The van der Waals surface area contributed by atoms with Crippen molar-refractivity contribution in [3.05, 3.63) is 41.5 Å². The number of carbonyl (C=O) groups is 1. The quantitative estimate of drug-likeness (QED) is 0.386. The van der Waals surface area contributed by atoms with Gasteiger partial charge in [0.25, 0.3) is 6.43 Å². The molecule has 37 heavy (non-hydrogen) atoms. The van der Waals surface area contributed by atoms with Crippen molar-refractivity contribution in [2.45, 2.75) is 82.9 Å². The summed E-state index contributed by atoms with van der Waals surface area (Å²) in [6.07, 6.45) is -1.78. The number of aliphatic carboxylic acids is 1. The van der Waals surface area contributed by atoms with E-state index < -0.39 is 30.6 Å². The summed E-state index contributed by atoms with van der Waals surface area (Å²) in [5.74, 6) is -1.10. The lowest BCUT2D eigenvalue weighted by molar-refractivity contribution is -0.185. The standard InChI is InChI=1S/C29H33F5O3/c30-27(31)26-23-10-4-16(13-24-17-2-1-3-18(24)15-20(14-17)28(35)36)12-19(23)5-11-25(26)37-22-8-6-21(7-9-22)29(32,33)34/h4-5,10-12,17-18,20-22,24,27H,1-3,6-9,13-15H2,(H,35,36)/t17?,18?,20?,21-,22+,24?. The summed E-state index contributed by atoms with van der Waals surface area (Å²) in [5.41, 5.74) is 0.850. The van der Waals surface area contributed by atoms with Gasteiger partial charge in [0.2, 0.25) is 0 Å². The molecule has 202 valence electrons. The van der Waals surface area contributed by atoms with Gasteiger partial charge in [-0.05, 0) is 85.1 Å². The van der Waals surface area contributed by atoms with Crippen LogP contribution < -0.4 is 4.74 Å². The molecular weight excluding hydrogens is 491 g/mol. The molecule has 0 spiro atoms. The summed E-state index contributed by atoms with van der Waals surface area (Å²) in [6.45, 7) is 0. The van der Waals surface area contributed by atoms with Crippen LogP contribution in [0.2, 0.25) is 0 Å². The molecule has 8 heteroatoms. The summed E-state index contributed by atoms with van der Waals surface area (Å²) in [6, 6.07) is 8.81. The number of hydrogen-bond acceptors (Lipinski definition) is 2. The Kier molecular flexibility index (Phi) is 7.38. The fourth-order valence-electron chi connectivity index (χ4n) is 7.20. The molecule has 2 aromatic carbocycles. The second kappa shape index (κ2) is 10.4. The van der Waals surface area contributed by atoms with Crippen molar-refractivity contribution in [1.29, 1.82) is 0 Å². The van der Waals surface area contributed by atoms with E-state index in [1.165, 1.54) is 6.07 Å². The van der Waals surface area contributed by atoms with E-state index in [2.05, 4.69) is 0 Å². The smallest absolute Gasteiger partial charge is 0.391 e. The molecule has 0 heterocycles. The van der Waals surface area contributed by atoms with Gasteiger partial charge in [-0.3, -0.25) is 4.79 Å². The fourth-order valence-corrected chi connectivity index (χ4v) is 7.20. The van der Waals surface area contributed by atoms with Gasteiger partial charge in [0.15, 0.2) is 0 Å². The van der Waals surface area contributed by atoms with Crippen molar-refractivity contribution in [2.24, 2.45) is 29.6 Å². The molecule has 2 unspecified atom stereocenters. The molecule has 3 saturated carbocycles. The number of benzene rings is 2. The molecule has 3 aliphatic carbocycles. The average Bonchev–Trinajstić information content (AvgIpc) is 2.83. The summed E-state index contributed by atoms with van der Waals surface area (Å²) in [7, 11) is 0. The highest BCUT2D eigenvalue weighted by molar-refractivity contribution is 5.88. The van der Waals surface area contributed by atoms with Crippen LogP contribution in [0.1, 0.15) is 75.3 Å². The highest BCUT2D eigenvalue weighted by Gasteiger charge is 2.43. The van der Waals surface area contributed by atoms with Crippen LogP contribution in [0.25, 0.3) is 10.8 Å². The maximum atomic E-state index is 14.2. The van der Waals surface area contributed by atoms with Gasteiger partial charge in [0.1, 0.15) is 5.75 Å². The van der Waals surface area contributed by atoms with E-state index in [4.69, 9.17) is 4.74 Å². The van der Waals surface area contributed by atoms with Crippen LogP contribution in [-0.2, 0) is 11.2 Å². The van der Waals surface area contributed by atoms with Crippen molar-refractivity contribution in [3.63, 3.8) is 0 Å². The van der Waals surface area contributed by atoms with Crippen molar-refractivity contribution < 1.29 is 36.6 Å². The molecule has 3 nitrogen and oxygen atoms in total. The predicted molar refractivity (Wildman–Crippen MR) is 130 cm³/mol. The third-order valence-corrected chi connectivity index (χ3v) is 9.09. The molecule has 0 amide bonds. The van der Waals surface area contributed by atoms with E-state index in [-0.39, 0.29) is 42.9 Å². The Balaban J connectivity index is 1.33. The van der Waals surface area contributed by atoms with Crippen LogP contribution in [0.3, 0.4) is 0 Å². The number of alkyl halides is 5. The number of rotatable bonds is 6. The Morgan fingerprint density at radius 2 is 1.65 bits per heavy atom. The van der Waals surface area contributed by atoms with Crippen LogP contribution in [0.15, 0.2) is 30.3 Å². The third-order valence-electron chi connectivity index (χ3n) is 9.09. The lowest BCUT2D eigenvalue weighted by atomic mass is 9.60. The van der Waals surface area contributed by atoms with Crippen LogP contribution in [-0.4, -0.2) is 23.4 Å². The molecule has 0 aromatic heterocycles. The van der Waals surface area contributed by atoms with E-state index in [9.17, 15) is 31.9 Å². The third kappa shape index (κ3) is 5.58. The Hall–Kier alpha value is -2.38. The predicted octanol–water partition coefficient (Wildman–Crippen LogP) is 8.35. The van der Waals surface area contributed by atoms with Crippen LogP contribution in [0.5, 0.6) is 5.75 Å². The Bertz CT molecular complexity index is 1110. The van der Waals surface area contributed by atoms with Crippen molar-refractivity contribution in [1.82, 2.24) is 0 Å². The largest absolute Gasteiger partial charge is 0.490 e. The van der Waals surface area contributed by atoms with Gasteiger partial charge in [-0.25, -0.2) is 8.78 Å². The minimum absolute atomic E-state index is 0.0484. The van der Waals surface area contributed by atoms with Crippen molar-refractivity contribution in [3.8, 4) is 5.75 Å². The summed E-state index contributed by atoms with van der Waals surface area (Å²) >= 11 is 0. The van der Waals surface area contributed by atoms with Crippen molar-refractivity contribution in [2.75, 3.05) is 0 Å². The minimum atomic E-state index is -4.23. The molecule has 1 N–H and O–H groups in total. The molecule has 0 saturated heterocycles. The van der Waals surface area contributed by atoms with E-state index >= 15 is 0 Å². The van der Waals surface area contributed by atoms with Gasteiger partial charge in [-0.1, -0.05) is 43.5 Å². The molecule has 0 aliphatic heterocycles. The molecule has 3 aliphatic rings. The molecule has 3 fully saturated rings. The highest BCUT2D eigenvalue weighted by atomic mass is 19.4. The molecular formula is C29H33F5O3. The van der Waals surface area contributed by atoms with Gasteiger partial charge in [0.05, 0.1) is 23.5 Å². The topological polar surface area (TPSA) is 46.5 Å². The van der Waals surface area contributed by atoms with Crippen LogP contribution in [0, 0.1) is 29.6 Å². The Morgan fingerprint density at radius 1 is 0.973 bits per heavy atom. The second-order valence-electron chi connectivity index (χ2n) is 11.3. The first-order chi connectivity index (χ1) is 17.6. The van der Waals surface area contributed by atoms with Crippen LogP contribution in [0.4, 0.5) is 22.0 Å². The number of carboxylic acid groups (broad SMARTS) is 1. The van der Waals surface area contributed by atoms with Gasteiger partial charge >= 0.3 is 12.1 Å². The number of fused-ring (bicyclic) bond motifs is 3. The summed E-state index contributed by atoms with van der Waals surface area (Å²) in [5, 5.41) is 10.6. The maximum absolute atomic E-state index is 14.2. The molecule has 0 radical (unpaired) electrons. The number of ether oxygens (including phenoxy) is 1. The zero-order valence-electron chi connectivity index (χ0n) is 20.7. The van der Waals surface area contributed by atoms with Crippen LogP contribution >= 0.6 is 0 Å². The Morgan fingerprint density at radius 3 is 2.24 bits per heavy atom. The molecule has 2 atom stereocenters. The number of halogens is 5. The SMILES string of the molecule is O=C(O)C1CC2CCCC(C1)C2Cc1ccc2c(C(F)F)c(O[C@H]3CC[C@@H](C(F)(F)F)CC3)ccc2c1. The molecule has 5 rings (SSSR count). The van der Waals surface area contributed by atoms with Gasteiger partial charge in [-0.15, -0.1) is 0 Å². The zero-order valence-corrected chi connectivity index (χ0v) is 20.7. The second-order valence-corrected chi connectivity index (χ2v) is 11.3. The normalized spacial score (nSPS) is 30.4. The fraction of sp³-hybridized carbons (Fsp3) is 0.621. The van der Waals surface area contributed by atoms with Gasteiger partial charge in [0, 0.05) is 0 Å². The highest BCUT2D eigenvalue weighted by Crippen LogP contribution is 2.48.